The standard InChI is InChI=1S/C9H17N5/c1-6(10)5-8-12-13-9(11-2)14(8)7-3-4-7/h6-7H,3-5,10H2,1-2H3,(H,11,13). The molecule has 0 aliphatic heterocycles. The summed E-state index contributed by atoms with van der Waals surface area (Å²) < 4.78 is 2.18. The Balaban J connectivity index is 2.25. The molecule has 2 rings (SSSR count). The van der Waals surface area contributed by atoms with E-state index in [1.54, 1.807) is 0 Å². The lowest BCUT2D eigenvalue weighted by molar-refractivity contribution is 0.631. The summed E-state index contributed by atoms with van der Waals surface area (Å²) in [4.78, 5) is 0. The maximum absolute atomic E-state index is 5.76. The Hall–Kier alpha value is -1.10. The van der Waals surface area contributed by atoms with Crippen molar-refractivity contribution in [3.8, 4) is 0 Å². The fourth-order valence-corrected chi connectivity index (χ4v) is 1.64. The quantitative estimate of drug-likeness (QED) is 0.736. The Labute approximate surface area is 83.7 Å². The monoisotopic (exact) mass is 195 g/mol. The molecule has 0 spiro atoms. The van der Waals surface area contributed by atoms with Crippen LogP contribution in [-0.2, 0) is 6.42 Å². The van der Waals surface area contributed by atoms with Crippen molar-refractivity contribution < 1.29 is 0 Å². The zero-order valence-corrected chi connectivity index (χ0v) is 8.70. The number of rotatable bonds is 4. The summed E-state index contributed by atoms with van der Waals surface area (Å²) in [6.45, 7) is 1.99. The zero-order valence-electron chi connectivity index (χ0n) is 8.70. The van der Waals surface area contributed by atoms with Gasteiger partial charge in [-0.05, 0) is 19.8 Å². The van der Waals surface area contributed by atoms with Crippen molar-refractivity contribution >= 4 is 5.95 Å². The maximum Gasteiger partial charge on any atom is 0.224 e. The smallest absolute Gasteiger partial charge is 0.224 e. The van der Waals surface area contributed by atoms with Crippen molar-refractivity contribution in [2.45, 2.75) is 38.3 Å². The van der Waals surface area contributed by atoms with Gasteiger partial charge in [-0.15, -0.1) is 10.2 Å². The summed E-state index contributed by atoms with van der Waals surface area (Å²) in [6.07, 6.45) is 3.27. The van der Waals surface area contributed by atoms with Crippen LogP contribution in [0.4, 0.5) is 5.95 Å². The largest absolute Gasteiger partial charge is 0.357 e. The zero-order chi connectivity index (χ0) is 10.1. The number of nitrogens with two attached hydrogens (primary N) is 1. The van der Waals surface area contributed by atoms with E-state index in [2.05, 4.69) is 20.1 Å². The second-order valence-corrected chi connectivity index (χ2v) is 3.97. The van der Waals surface area contributed by atoms with Crippen molar-refractivity contribution in [3.05, 3.63) is 5.82 Å². The van der Waals surface area contributed by atoms with E-state index in [-0.39, 0.29) is 6.04 Å². The minimum atomic E-state index is 0.140. The molecule has 0 saturated heterocycles. The van der Waals surface area contributed by atoms with Crippen LogP contribution in [0.3, 0.4) is 0 Å². The number of aromatic nitrogens is 3. The van der Waals surface area contributed by atoms with Gasteiger partial charge in [0.15, 0.2) is 0 Å². The van der Waals surface area contributed by atoms with Crippen LogP contribution >= 0.6 is 0 Å². The van der Waals surface area contributed by atoms with Crippen LogP contribution in [0.25, 0.3) is 0 Å². The first-order valence-corrected chi connectivity index (χ1v) is 5.09. The second-order valence-electron chi connectivity index (χ2n) is 3.97. The molecule has 0 radical (unpaired) electrons. The summed E-state index contributed by atoms with van der Waals surface area (Å²) in [7, 11) is 1.87. The first-order chi connectivity index (χ1) is 6.72. The molecule has 1 fully saturated rings. The highest BCUT2D eigenvalue weighted by molar-refractivity contribution is 5.27. The van der Waals surface area contributed by atoms with Crippen LogP contribution < -0.4 is 11.1 Å². The van der Waals surface area contributed by atoms with Gasteiger partial charge in [0.2, 0.25) is 5.95 Å². The molecule has 1 aromatic rings. The first kappa shape index (κ1) is 9.45. The Morgan fingerprint density at radius 1 is 1.57 bits per heavy atom. The Kier molecular flexibility index (Phi) is 2.41. The maximum atomic E-state index is 5.76. The normalized spacial score (nSPS) is 18.2. The van der Waals surface area contributed by atoms with Crippen molar-refractivity contribution in [1.82, 2.24) is 14.8 Å². The molecule has 5 heteroatoms. The molecule has 1 atom stereocenters. The third-order valence-corrected chi connectivity index (χ3v) is 2.41. The molecule has 1 aliphatic rings. The minimum Gasteiger partial charge on any atom is -0.357 e. The SMILES string of the molecule is CNc1nnc(CC(C)N)n1C1CC1. The summed E-state index contributed by atoms with van der Waals surface area (Å²) in [5.41, 5.74) is 5.76. The van der Waals surface area contributed by atoms with Crippen LogP contribution in [0.2, 0.25) is 0 Å². The highest BCUT2D eigenvalue weighted by Gasteiger charge is 2.29. The lowest BCUT2D eigenvalue weighted by Gasteiger charge is -2.09. The van der Waals surface area contributed by atoms with Crippen LogP contribution in [0.1, 0.15) is 31.6 Å². The summed E-state index contributed by atoms with van der Waals surface area (Å²) >= 11 is 0. The summed E-state index contributed by atoms with van der Waals surface area (Å²) in [5, 5.41) is 11.3. The van der Waals surface area contributed by atoms with Crippen LogP contribution in [0.15, 0.2) is 0 Å². The topological polar surface area (TPSA) is 68.8 Å². The molecule has 0 aromatic carbocycles. The van der Waals surface area contributed by atoms with E-state index >= 15 is 0 Å². The molecular weight excluding hydrogens is 178 g/mol. The van der Waals surface area contributed by atoms with Crippen molar-refractivity contribution in [3.63, 3.8) is 0 Å². The highest BCUT2D eigenvalue weighted by Crippen LogP contribution is 2.37. The van der Waals surface area contributed by atoms with Gasteiger partial charge in [0.25, 0.3) is 0 Å². The van der Waals surface area contributed by atoms with Gasteiger partial charge in [0, 0.05) is 25.6 Å². The Morgan fingerprint density at radius 3 is 2.79 bits per heavy atom. The van der Waals surface area contributed by atoms with E-state index in [0.717, 1.165) is 18.2 Å². The van der Waals surface area contributed by atoms with Gasteiger partial charge in [-0.2, -0.15) is 0 Å². The average molecular weight is 195 g/mol. The predicted octanol–water partition coefficient (Wildman–Crippen LogP) is 0.544. The molecule has 78 valence electrons. The van der Waals surface area contributed by atoms with E-state index in [0.29, 0.717) is 6.04 Å². The van der Waals surface area contributed by atoms with Crippen molar-refractivity contribution in [2.24, 2.45) is 5.73 Å². The van der Waals surface area contributed by atoms with Gasteiger partial charge >= 0.3 is 0 Å². The number of hydrogen-bond acceptors (Lipinski definition) is 4. The van der Waals surface area contributed by atoms with Gasteiger partial charge < -0.3 is 11.1 Å². The highest BCUT2D eigenvalue weighted by atomic mass is 15.4. The molecule has 1 heterocycles. The van der Waals surface area contributed by atoms with E-state index in [1.807, 2.05) is 14.0 Å². The number of nitrogens with zero attached hydrogens (tertiary/aromatic N) is 3. The Bertz CT molecular complexity index is 313. The molecular formula is C9H17N5. The van der Waals surface area contributed by atoms with E-state index in [4.69, 9.17) is 5.73 Å². The number of anilines is 1. The average Bonchev–Trinajstić information content (AvgIpc) is 2.88. The summed E-state index contributed by atoms with van der Waals surface area (Å²) in [5.74, 6) is 1.87. The van der Waals surface area contributed by atoms with Crippen LogP contribution in [0, 0.1) is 0 Å². The van der Waals surface area contributed by atoms with Crippen molar-refractivity contribution in [1.29, 1.82) is 0 Å². The van der Waals surface area contributed by atoms with Gasteiger partial charge in [-0.3, -0.25) is 4.57 Å². The molecule has 14 heavy (non-hydrogen) atoms. The second kappa shape index (κ2) is 3.57. The van der Waals surface area contributed by atoms with E-state index in [9.17, 15) is 0 Å². The molecule has 1 unspecified atom stereocenters. The molecule has 1 aromatic heterocycles. The van der Waals surface area contributed by atoms with Crippen LogP contribution in [0.5, 0.6) is 0 Å². The third-order valence-electron chi connectivity index (χ3n) is 2.41. The third kappa shape index (κ3) is 1.72. The predicted molar refractivity (Wildman–Crippen MR) is 55.2 cm³/mol. The summed E-state index contributed by atoms with van der Waals surface area (Å²) in [6, 6.07) is 0.739. The number of nitrogens with one attached hydrogen (secondary N) is 1. The van der Waals surface area contributed by atoms with E-state index < -0.39 is 0 Å². The van der Waals surface area contributed by atoms with Gasteiger partial charge in [0.1, 0.15) is 5.82 Å². The lowest BCUT2D eigenvalue weighted by Crippen LogP contribution is -2.20. The van der Waals surface area contributed by atoms with Crippen LogP contribution in [-0.4, -0.2) is 27.9 Å². The molecule has 0 bridgehead atoms. The van der Waals surface area contributed by atoms with Gasteiger partial charge in [-0.1, -0.05) is 0 Å². The Morgan fingerprint density at radius 2 is 2.29 bits per heavy atom. The lowest BCUT2D eigenvalue weighted by atomic mass is 10.2. The minimum absolute atomic E-state index is 0.140. The molecule has 5 nitrogen and oxygen atoms in total. The van der Waals surface area contributed by atoms with Gasteiger partial charge in [-0.25, -0.2) is 0 Å². The molecule has 1 saturated carbocycles. The van der Waals surface area contributed by atoms with Gasteiger partial charge in [0.05, 0.1) is 0 Å². The molecule has 0 amide bonds. The fourth-order valence-electron chi connectivity index (χ4n) is 1.64. The fraction of sp³-hybridized carbons (Fsp3) is 0.778. The van der Waals surface area contributed by atoms with Crippen molar-refractivity contribution in [2.75, 3.05) is 12.4 Å². The molecule has 3 N–H and O–H groups in total. The number of hydrogen-bond donors (Lipinski definition) is 2. The first-order valence-electron chi connectivity index (χ1n) is 5.09. The van der Waals surface area contributed by atoms with E-state index in [1.165, 1.54) is 12.8 Å². The molecule has 1 aliphatic carbocycles.